The second-order valence-electron chi connectivity index (χ2n) is 7.95. The zero-order chi connectivity index (χ0) is 24.8. The first-order valence-corrected chi connectivity index (χ1v) is 11.2. The molecule has 8 N–H and O–H groups in total. The van der Waals surface area contributed by atoms with Gasteiger partial charge in [0.05, 0.1) is 11.9 Å². The van der Waals surface area contributed by atoms with Crippen molar-refractivity contribution in [1.82, 2.24) is 14.9 Å². The minimum absolute atomic E-state index is 0.0314. The van der Waals surface area contributed by atoms with Gasteiger partial charge in [-0.15, -0.1) is 0 Å². The van der Waals surface area contributed by atoms with E-state index in [1.165, 1.54) is 10.8 Å². The van der Waals surface area contributed by atoms with Crippen molar-refractivity contribution in [3.05, 3.63) is 70.1 Å². The Kier molecular flexibility index (Phi) is 7.92. The smallest absolute Gasteiger partial charge is 0.294 e. The first-order valence-electron chi connectivity index (χ1n) is 10.5. The number of nitrogens with one attached hydrogen (secondary N) is 3. The first kappa shape index (κ1) is 24.8. The summed E-state index contributed by atoms with van der Waals surface area (Å²) in [6, 6.07) is 11.8. The average Bonchev–Trinajstić information content (AvgIpc) is 2.79. The molecule has 0 aliphatic heterocycles. The molecule has 0 bridgehead atoms. The summed E-state index contributed by atoms with van der Waals surface area (Å²) in [5.41, 5.74) is 13.7. The topological polar surface area (TPSA) is 172 Å². The van der Waals surface area contributed by atoms with E-state index in [-0.39, 0.29) is 36.7 Å². The molecule has 1 heterocycles. The largest absolute Gasteiger partial charge is 0.399 e. The Morgan fingerprint density at radius 1 is 1.24 bits per heavy atom. The maximum atomic E-state index is 13.2. The van der Waals surface area contributed by atoms with Crippen LogP contribution in [0.1, 0.15) is 25.0 Å². The summed E-state index contributed by atoms with van der Waals surface area (Å²) in [6.45, 7) is 3.76. The number of carbonyl (C=O) groups is 1. The summed E-state index contributed by atoms with van der Waals surface area (Å²) in [4.78, 5) is 30.7. The number of aromatic nitrogens is 2. The predicted molar refractivity (Wildman–Crippen MR) is 135 cm³/mol. The summed E-state index contributed by atoms with van der Waals surface area (Å²) >= 11 is 0.535. The Bertz CT molecular complexity index is 1260. The van der Waals surface area contributed by atoms with Gasteiger partial charge in [-0.3, -0.25) is 19.6 Å². The Labute approximate surface area is 201 Å². The van der Waals surface area contributed by atoms with E-state index >= 15 is 0 Å². The Hall–Kier alpha value is -3.83. The molecule has 0 fully saturated rings. The Morgan fingerprint density at radius 3 is 2.56 bits per heavy atom. The van der Waals surface area contributed by atoms with E-state index in [1.54, 1.807) is 42.5 Å². The van der Waals surface area contributed by atoms with E-state index in [9.17, 15) is 14.1 Å². The van der Waals surface area contributed by atoms with E-state index in [4.69, 9.17) is 16.9 Å². The van der Waals surface area contributed by atoms with Crippen LogP contribution in [-0.2, 0) is 17.9 Å². The molecule has 178 valence electrons. The highest BCUT2D eigenvalue weighted by Crippen LogP contribution is 2.27. The molecule has 0 spiro atoms. The number of nitrogen functional groups attached to an aromatic ring is 2. The van der Waals surface area contributed by atoms with Crippen LogP contribution in [0, 0.1) is 5.41 Å². The molecular weight excluding hydrogens is 454 g/mol. The zero-order valence-corrected chi connectivity index (χ0v) is 19.6. The molecule has 2 aromatic carbocycles. The van der Waals surface area contributed by atoms with Crippen molar-refractivity contribution in [2.45, 2.75) is 37.9 Å². The maximum absolute atomic E-state index is 13.2. The summed E-state index contributed by atoms with van der Waals surface area (Å²) < 4.78 is 10.8. The molecule has 0 radical (unpaired) electrons. The van der Waals surface area contributed by atoms with Gasteiger partial charge in [-0.05, 0) is 37.6 Å². The van der Waals surface area contributed by atoms with Crippen LogP contribution >= 0.6 is 12.0 Å². The van der Waals surface area contributed by atoms with E-state index in [0.29, 0.717) is 39.4 Å². The fraction of sp³-hybridized carbons (Fsp3) is 0.217. The van der Waals surface area contributed by atoms with Gasteiger partial charge in [-0.1, -0.05) is 24.3 Å². The maximum Gasteiger partial charge on any atom is 0.294 e. The lowest BCUT2D eigenvalue weighted by Crippen LogP contribution is -2.35. The second-order valence-corrected chi connectivity index (χ2v) is 8.61. The van der Waals surface area contributed by atoms with Gasteiger partial charge in [0, 0.05) is 46.3 Å². The van der Waals surface area contributed by atoms with Crippen LogP contribution in [0.3, 0.4) is 0 Å². The molecule has 1 amide bonds. The molecule has 0 aliphatic rings. The molecule has 0 aliphatic carbocycles. The van der Waals surface area contributed by atoms with Crippen molar-refractivity contribution in [3.63, 3.8) is 0 Å². The predicted octanol–water partition coefficient (Wildman–Crippen LogP) is 2.48. The number of carbonyl (C=O) groups excluding carboxylic acids is 1. The van der Waals surface area contributed by atoms with Crippen molar-refractivity contribution in [2.24, 2.45) is 5.73 Å². The number of amidine groups is 1. The third-order valence-electron chi connectivity index (χ3n) is 4.87. The lowest BCUT2D eigenvalue weighted by atomic mass is 10.1. The normalized spacial score (nSPS) is 10.8. The first-order chi connectivity index (χ1) is 16.2. The van der Waals surface area contributed by atoms with E-state index in [0.717, 1.165) is 5.56 Å². The van der Waals surface area contributed by atoms with Gasteiger partial charge in [0.25, 0.3) is 5.56 Å². The molecule has 0 unspecified atom stereocenters. The summed E-state index contributed by atoms with van der Waals surface area (Å²) in [5, 5.41) is 13.3. The highest BCUT2D eigenvalue weighted by Gasteiger charge is 2.16. The number of hydrogen-bond donors (Lipinski definition) is 6. The van der Waals surface area contributed by atoms with Crippen molar-refractivity contribution in [1.29, 1.82) is 5.41 Å². The zero-order valence-electron chi connectivity index (χ0n) is 18.8. The SMILES string of the molecule is CC(C)Nc1ncc(-c2cc(N)cc(SO)c2)n(CC(=O)NCc2ccc(C(=N)N)cc2)c1=O. The molecule has 0 saturated carbocycles. The van der Waals surface area contributed by atoms with E-state index in [2.05, 4.69) is 15.6 Å². The summed E-state index contributed by atoms with van der Waals surface area (Å²) in [5.74, 6) is -0.274. The Morgan fingerprint density at radius 2 is 1.94 bits per heavy atom. The van der Waals surface area contributed by atoms with E-state index in [1.807, 2.05) is 13.8 Å². The number of anilines is 2. The number of amides is 1. The lowest BCUT2D eigenvalue weighted by Gasteiger charge is -2.17. The second kappa shape index (κ2) is 10.9. The van der Waals surface area contributed by atoms with Crippen LogP contribution < -0.4 is 27.7 Å². The minimum Gasteiger partial charge on any atom is -0.399 e. The molecule has 3 aromatic rings. The monoisotopic (exact) mass is 481 g/mol. The van der Waals surface area contributed by atoms with Crippen LogP contribution in [0.4, 0.5) is 11.5 Å². The van der Waals surface area contributed by atoms with Crippen LogP contribution in [0.15, 0.2) is 58.4 Å². The average molecular weight is 482 g/mol. The minimum atomic E-state index is -0.451. The molecule has 3 rings (SSSR count). The third kappa shape index (κ3) is 6.15. The van der Waals surface area contributed by atoms with Crippen LogP contribution in [0.2, 0.25) is 0 Å². The molecule has 1 aromatic heterocycles. The Balaban J connectivity index is 1.89. The summed E-state index contributed by atoms with van der Waals surface area (Å²) in [7, 11) is 0. The fourth-order valence-corrected chi connectivity index (χ4v) is 3.64. The van der Waals surface area contributed by atoms with Crippen LogP contribution in [0.5, 0.6) is 0 Å². The van der Waals surface area contributed by atoms with Crippen molar-refractivity contribution in [3.8, 4) is 11.3 Å². The van der Waals surface area contributed by atoms with Gasteiger partial charge in [-0.25, -0.2) is 4.98 Å². The standard InChI is InChI=1S/C23H27N7O3S/c1-13(2)29-22-23(32)30(19(11-28-22)16-7-17(24)9-18(8-16)34-33)12-20(31)27-10-14-3-5-15(6-4-14)21(25)26/h3-9,11,13,33H,10,12,24H2,1-2H3,(H3,25,26)(H,27,31)(H,28,29). The highest BCUT2D eigenvalue weighted by atomic mass is 32.2. The van der Waals surface area contributed by atoms with Crippen molar-refractivity contribution in [2.75, 3.05) is 11.1 Å². The van der Waals surface area contributed by atoms with Gasteiger partial charge >= 0.3 is 0 Å². The van der Waals surface area contributed by atoms with E-state index < -0.39 is 5.56 Å². The number of benzene rings is 2. The van der Waals surface area contributed by atoms with Gasteiger partial charge < -0.3 is 26.7 Å². The molecule has 34 heavy (non-hydrogen) atoms. The number of rotatable bonds is 9. The van der Waals surface area contributed by atoms with Gasteiger partial charge in [0.2, 0.25) is 5.91 Å². The van der Waals surface area contributed by atoms with Gasteiger partial charge in [0.15, 0.2) is 5.82 Å². The lowest BCUT2D eigenvalue weighted by molar-refractivity contribution is -0.121. The number of nitrogens with zero attached hydrogens (tertiary/aromatic N) is 2. The third-order valence-corrected chi connectivity index (χ3v) is 5.31. The van der Waals surface area contributed by atoms with Gasteiger partial charge in [-0.2, -0.15) is 0 Å². The van der Waals surface area contributed by atoms with Crippen molar-refractivity contribution < 1.29 is 9.35 Å². The fourth-order valence-electron chi connectivity index (χ4n) is 3.27. The number of nitrogens with two attached hydrogens (primary N) is 2. The van der Waals surface area contributed by atoms with Crippen molar-refractivity contribution >= 4 is 35.3 Å². The molecule has 0 saturated heterocycles. The molecule has 10 nitrogen and oxygen atoms in total. The van der Waals surface area contributed by atoms with Gasteiger partial charge in [0.1, 0.15) is 12.4 Å². The number of hydrogen-bond acceptors (Lipinski definition) is 8. The summed E-state index contributed by atoms with van der Waals surface area (Å²) in [6.07, 6.45) is 1.50. The molecule has 11 heteroatoms. The molecule has 0 atom stereocenters. The quantitative estimate of drug-likeness (QED) is 0.117. The molecular formula is C23H27N7O3S. The highest BCUT2D eigenvalue weighted by molar-refractivity contribution is 7.93. The van der Waals surface area contributed by atoms with Crippen LogP contribution in [0.25, 0.3) is 11.3 Å². The van der Waals surface area contributed by atoms with Crippen LogP contribution in [-0.4, -0.2) is 31.9 Å².